The van der Waals surface area contributed by atoms with E-state index >= 15 is 0 Å². The Hall–Kier alpha value is -1.35. The largest absolute Gasteiger partial charge is 0.495 e. The SMILES string of the molecule is COC[C@H](C)NC(=O)[C@H](C)NS(=O)(=O)c1cc(Cl)ccc1OC. The first-order valence-electron chi connectivity index (χ1n) is 6.86. The maximum absolute atomic E-state index is 12.4. The molecule has 0 bridgehead atoms. The summed E-state index contributed by atoms with van der Waals surface area (Å²) in [5, 5.41) is 2.89. The van der Waals surface area contributed by atoms with Crippen LogP contribution >= 0.6 is 11.6 Å². The van der Waals surface area contributed by atoms with E-state index in [2.05, 4.69) is 10.0 Å². The van der Waals surface area contributed by atoms with Crippen LogP contribution in [0.2, 0.25) is 5.02 Å². The monoisotopic (exact) mass is 364 g/mol. The zero-order valence-corrected chi connectivity index (χ0v) is 15.0. The molecule has 0 aliphatic heterocycles. The summed E-state index contributed by atoms with van der Waals surface area (Å²) < 4.78 is 37.1. The van der Waals surface area contributed by atoms with Gasteiger partial charge in [0.15, 0.2) is 0 Å². The highest BCUT2D eigenvalue weighted by Gasteiger charge is 2.25. The molecule has 7 nitrogen and oxygen atoms in total. The number of amides is 1. The molecule has 0 fully saturated rings. The average molecular weight is 365 g/mol. The number of hydrogen-bond donors (Lipinski definition) is 2. The van der Waals surface area contributed by atoms with Gasteiger partial charge in [0.05, 0.1) is 19.8 Å². The van der Waals surface area contributed by atoms with Gasteiger partial charge in [-0.3, -0.25) is 4.79 Å². The molecule has 0 radical (unpaired) electrons. The van der Waals surface area contributed by atoms with E-state index in [0.29, 0.717) is 6.61 Å². The predicted molar refractivity (Wildman–Crippen MR) is 87.3 cm³/mol. The lowest BCUT2D eigenvalue weighted by Crippen LogP contribution is -2.48. The quantitative estimate of drug-likeness (QED) is 0.722. The third-order valence-corrected chi connectivity index (χ3v) is 4.74. The number of ether oxygens (including phenoxy) is 2. The number of hydrogen-bond acceptors (Lipinski definition) is 5. The van der Waals surface area contributed by atoms with Crippen molar-refractivity contribution in [1.82, 2.24) is 10.0 Å². The molecule has 0 aromatic heterocycles. The molecular weight excluding hydrogens is 344 g/mol. The van der Waals surface area contributed by atoms with Crippen molar-refractivity contribution in [3.8, 4) is 5.75 Å². The Labute approximate surface area is 141 Å². The van der Waals surface area contributed by atoms with Gasteiger partial charge in [-0.15, -0.1) is 0 Å². The van der Waals surface area contributed by atoms with Crippen LogP contribution in [0, 0.1) is 0 Å². The summed E-state index contributed by atoms with van der Waals surface area (Å²) in [4.78, 5) is 11.9. The number of rotatable bonds is 8. The number of benzene rings is 1. The Kier molecular flexibility index (Phi) is 7.27. The number of carbonyl (C=O) groups is 1. The van der Waals surface area contributed by atoms with Gasteiger partial charge in [-0.05, 0) is 32.0 Å². The fraction of sp³-hybridized carbons (Fsp3) is 0.500. The molecule has 23 heavy (non-hydrogen) atoms. The number of halogens is 1. The van der Waals surface area contributed by atoms with Gasteiger partial charge < -0.3 is 14.8 Å². The van der Waals surface area contributed by atoms with Crippen LogP contribution in [0.25, 0.3) is 0 Å². The highest BCUT2D eigenvalue weighted by molar-refractivity contribution is 7.89. The molecule has 1 amide bonds. The molecule has 1 aromatic rings. The zero-order chi connectivity index (χ0) is 17.6. The molecule has 0 heterocycles. The standard InChI is InChI=1S/C14H21ClN2O5S/c1-9(8-21-3)16-14(18)10(2)17-23(19,20)13-7-11(15)5-6-12(13)22-4/h5-7,9-10,17H,8H2,1-4H3,(H,16,18)/t9-,10-/m0/s1. The zero-order valence-electron chi connectivity index (χ0n) is 13.4. The topological polar surface area (TPSA) is 93.7 Å². The molecule has 0 unspecified atom stereocenters. The van der Waals surface area contributed by atoms with Crippen LogP contribution in [-0.2, 0) is 19.6 Å². The second kappa shape index (κ2) is 8.49. The Balaban J connectivity index is 2.90. The number of sulfonamides is 1. The molecule has 9 heteroatoms. The first-order chi connectivity index (χ1) is 10.7. The third-order valence-electron chi connectivity index (χ3n) is 2.95. The summed E-state index contributed by atoms with van der Waals surface area (Å²) in [7, 11) is -1.10. The molecule has 0 aliphatic rings. The fourth-order valence-electron chi connectivity index (χ4n) is 1.87. The van der Waals surface area contributed by atoms with E-state index in [1.165, 1.54) is 39.3 Å². The first kappa shape index (κ1) is 19.7. The molecule has 0 saturated heterocycles. The summed E-state index contributed by atoms with van der Waals surface area (Å²) >= 11 is 5.84. The van der Waals surface area contributed by atoms with Crippen molar-refractivity contribution in [3.63, 3.8) is 0 Å². The van der Waals surface area contributed by atoms with E-state index in [0.717, 1.165) is 0 Å². The van der Waals surface area contributed by atoms with Crippen molar-refractivity contribution >= 4 is 27.5 Å². The summed E-state index contributed by atoms with van der Waals surface area (Å²) in [6.07, 6.45) is 0. The van der Waals surface area contributed by atoms with Gasteiger partial charge in [0.1, 0.15) is 10.6 Å². The van der Waals surface area contributed by atoms with Crippen molar-refractivity contribution in [2.75, 3.05) is 20.8 Å². The Morgan fingerprint density at radius 3 is 2.52 bits per heavy atom. The number of methoxy groups -OCH3 is 2. The van der Waals surface area contributed by atoms with E-state index in [1.54, 1.807) is 6.92 Å². The van der Waals surface area contributed by atoms with Crippen LogP contribution in [-0.4, -0.2) is 47.2 Å². The van der Waals surface area contributed by atoms with Gasteiger partial charge in [0.2, 0.25) is 15.9 Å². The lowest BCUT2D eigenvalue weighted by atomic mass is 10.3. The lowest BCUT2D eigenvalue weighted by Gasteiger charge is -2.18. The van der Waals surface area contributed by atoms with Crippen LogP contribution < -0.4 is 14.8 Å². The summed E-state index contributed by atoms with van der Waals surface area (Å²) in [5.74, 6) is -0.318. The van der Waals surface area contributed by atoms with Crippen LogP contribution in [0.15, 0.2) is 23.1 Å². The Morgan fingerprint density at radius 2 is 1.96 bits per heavy atom. The van der Waals surface area contributed by atoms with E-state index in [4.69, 9.17) is 21.1 Å². The van der Waals surface area contributed by atoms with Gasteiger partial charge in [0.25, 0.3) is 0 Å². The van der Waals surface area contributed by atoms with Crippen molar-refractivity contribution in [2.45, 2.75) is 30.8 Å². The van der Waals surface area contributed by atoms with Gasteiger partial charge in [-0.25, -0.2) is 8.42 Å². The molecule has 1 aromatic carbocycles. The minimum atomic E-state index is -3.97. The predicted octanol–water partition coefficient (Wildman–Crippen LogP) is 1.17. The molecule has 0 spiro atoms. The van der Waals surface area contributed by atoms with Gasteiger partial charge in [-0.2, -0.15) is 4.72 Å². The summed E-state index contributed by atoms with van der Waals surface area (Å²) in [6, 6.07) is 3.02. The molecule has 0 saturated carbocycles. The van der Waals surface area contributed by atoms with E-state index in [1.807, 2.05) is 0 Å². The number of nitrogens with one attached hydrogen (secondary N) is 2. The molecule has 2 atom stereocenters. The minimum Gasteiger partial charge on any atom is -0.495 e. The maximum atomic E-state index is 12.4. The Morgan fingerprint density at radius 1 is 1.30 bits per heavy atom. The van der Waals surface area contributed by atoms with Gasteiger partial charge in [-0.1, -0.05) is 11.6 Å². The minimum absolute atomic E-state index is 0.128. The van der Waals surface area contributed by atoms with Crippen molar-refractivity contribution in [1.29, 1.82) is 0 Å². The van der Waals surface area contributed by atoms with Crippen LogP contribution in [0.4, 0.5) is 0 Å². The van der Waals surface area contributed by atoms with Gasteiger partial charge in [0, 0.05) is 18.2 Å². The number of carbonyl (C=O) groups excluding carboxylic acids is 1. The molecule has 1 rings (SSSR count). The maximum Gasteiger partial charge on any atom is 0.245 e. The smallest absolute Gasteiger partial charge is 0.245 e. The van der Waals surface area contributed by atoms with Crippen molar-refractivity contribution in [3.05, 3.63) is 23.2 Å². The molecule has 130 valence electrons. The van der Waals surface area contributed by atoms with Crippen molar-refractivity contribution < 1.29 is 22.7 Å². The van der Waals surface area contributed by atoms with Crippen molar-refractivity contribution in [2.24, 2.45) is 0 Å². The second-order valence-electron chi connectivity index (χ2n) is 5.00. The average Bonchev–Trinajstić information content (AvgIpc) is 2.46. The molecule has 2 N–H and O–H groups in total. The van der Waals surface area contributed by atoms with Gasteiger partial charge >= 0.3 is 0 Å². The summed E-state index contributed by atoms with van der Waals surface area (Å²) in [5.41, 5.74) is 0. The highest BCUT2D eigenvalue weighted by atomic mass is 35.5. The lowest BCUT2D eigenvalue weighted by molar-refractivity contribution is -0.123. The van der Waals surface area contributed by atoms with Crippen LogP contribution in [0.1, 0.15) is 13.8 Å². The third kappa shape index (κ3) is 5.65. The van der Waals surface area contributed by atoms with E-state index in [-0.39, 0.29) is 21.7 Å². The molecule has 0 aliphatic carbocycles. The van der Waals surface area contributed by atoms with E-state index < -0.39 is 22.0 Å². The second-order valence-corrected chi connectivity index (χ2v) is 7.12. The van der Waals surface area contributed by atoms with E-state index in [9.17, 15) is 13.2 Å². The first-order valence-corrected chi connectivity index (χ1v) is 8.72. The Bertz CT molecular complexity index is 651. The normalized spacial score (nSPS) is 14.1. The fourth-order valence-corrected chi connectivity index (χ4v) is 3.50. The molecular formula is C14H21ClN2O5S. The van der Waals surface area contributed by atoms with Crippen LogP contribution in [0.3, 0.4) is 0 Å². The summed E-state index contributed by atoms with van der Waals surface area (Å²) in [6.45, 7) is 3.53. The highest BCUT2D eigenvalue weighted by Crippen LogP contribution is 2.26. The van der Waals surface area contributed by atoms with Crippen LogP contribution in [0.5, 0.6) is 5.75 Å².